The van der Waals surface area contributed by atoms with Gasteiger partial charge in [-0.15, -0.1) is 0 Å². The molecule has 0 aliphatic heterocycles. The number of benzene rings is 2. The molecule has 26 heavy (non-hydrogen) atoms. The van der Waals surface area contributed by atoms with Crippen molar-refractivity contribution in [2.75, 3.05) is 18.0 Å². The molecule has 2 rings (SSSR count). The fourth-order valence-corrected chi connectivity index (χ4v) is 2.64. The minimum absolute atomic E-state index is 0.0170. The third kappa shape index (κ3) is 5.84. The summed E-state index contributed by atoms with van der Waals surface area (Å²) in [5, 5.41) is 2.85. The van der Waals surface area contributed by atoms with Crippen LogP contribution in [0.3, 0.4) is 0 Å². The number of amides is 2. The predicted octanol–water partition coefficient (Wildman–Crippen LogP) is 2.99. The van der Waals surface area contributed by atoms with Crippen molar-refractivity contribution in [3.8, 4) is 0 Å². The van der Waals surface area contributed by atoms with E-state index in [0.717, 1.165) is 5.56 Å². The first-order valence-electron chi connectivity index (χ1n) is 8.67. The van der Waals surface area contributed by atoms with E-state index in [4.69, 9.17) is 0 Å². The first kappa shape index (κ1) is 19.4. The summed E-state index contributed by atoms with van der Waals surface area (Å²) < 4.78 is 0. The molecule has 0 aliphatic carbocycles. The lowest BCUT2D eigenvalue weighted by atomic mass is 10.1. The van der Waals surface area contributed by atoms with Crippen LogP contribution in [0.5, 0.6) is 0 Å². The fourth-order valence-electron chi connectivity index (χ4n) is 2.64. The highest BCUT2D eigenvalue weighted by molar-refractivity contribution is 5.96. The SMILES string of the molecule is CC(=O)c1ccc(N(CCNC(=O)CCc2ccccc2)C(C)=O)cc1. The summed E-state index contributed by atoms with van der Waals surface area (Å²) in [6, 6.07) is 16.7. The molecule has 0 saturated heterocycles. The van der Waals surface area contributed by atoms with Crippen LogP contribution >= 0.6 is 0 Å². The van der Waals surface area contributed by atoms with E-state index >= 15 is 0 Å². The second kappa shape index (κ2) is 9.51. The number of hydrogen-bond acceptors (Lipinski definition) is 3. The molecule has 2 aromatic rings. The lowest BCUT2D eigenvalue weighted by Gasteiger charge is -2.21. The van der Waals surface area contributed by atoms with Crippen LogP contribution in [0.2, 0.25) is 0 Å². The van der Waals surface area contributed by atoms with Gasteiger partial charge in [-0.1, -0.05) is 30.3 Å². The largest absolute Gasteiger partial charge is 0.354 e. The van der Waals surface area contributed by atoms with Crippen molar-refractivity contribution in [3.63, 3.8) is 0 Å². The topological polar surface area (TPSA) is 66.5 Å². The Balaban J connectivity index is 1.83. The predicted molar refractivity (Wildman–Crippen MR) is 102 cm³/mol. The van der Waals surface area contributed by atoms with Gasteiger partial charge in [0.25, 0.3) is 0 Å². The number of hydrogen-bond donors (Lipinski definition) is 1. The molecule has 0 bridgehead atoms. The number of nitrogens with zero attached hydrogens (tertiary/aromatic N) is 1. The summed E-state index contributed by atoms with van der Waals surface area (Å²) in [4.78, 5) is 36.8. The maximum Gasteiger partial charge on any atom is 0.223 e. The quantitative estimate of drug-likeness (QED) is 0.743. The van der Waals surface area contributed by atoms with Gasteiger partial charge in [-0.2, -0.15) is 0 Å². The summed E-state index contributed by atoms with van der Waals surface area (Å²) in [6.45, 7) is 3.74. The first-order valence-corrected chi connectivity index (χ1v) is 8.67. The molecule has 2 aromatic carbocycles. The van der Waals surface area contributed by atoms with Crippen molar-refractivity contribution in [1.82, 2.24) is 5.32 Å². The van der Waals surface area contributed by atoms with Crippen molar-refractivity contribution in [3.05, 3.63) is 65.7 Å². The number of anilines is 1. The van der Waals surface area contributed by atoms with E-state index in [2.05, 4.69) is 5.32 Å². The van der Waals surface area contributed by atoms with E-state index in [-0.39, 0.29) is 17.6 Å². The Morgan fingerprint density at radius 3 is 2.15 bits per heavy atom. The molecular weight excluding hydrogens is 328 g/mol. The van der Waals surface area contributed by atoms with E-state index < -0.39 is 0 Å². The molecule has 0 heterocycles. The molecule has 5 heteroatoms. The van der Waals surface area contributed by atoms with Crippen LogP contribution in [0.15, 0.2) is 54.6 Å². The summed E-state index contributed by atoms with van der Waals surface area (Å²) in [5.41, 5.74) is 2.44. The second-order valence-electron chi connectivity index (χ2n) is 6.11. The molecule has 1 N–H and O–H groups in total. The maximum atomic E-state index is 12.0. The first-order chi connectivity index (χ1) is 12.5. The molecule has 0 saturated carbocycles. The van der Waals surface area contributed by atoms with E-state index in [1.807, 2.05) is 30.3 Å². The van der Waals surface area contributed by atoms with Gasteiger partial charge in [-0.05, 0) is 43.2 Å². The molecule has 0 spiro atoms. The lowest BCUT2D eigenvalue weighted by molar-refractivity contribution is -0.121. The Morgan fingerprint density at radius 2 is 1.58 bits per heavy atom. The van der Waals surface area contributed by atoms with Crippen LogP contribution in [0.25, 0.3) is 0 Å². The van der Waals surface area contributed by atoms with Gasteiger partial charge in [0.2, 0.25) is 11.8 Å². The molecular formula is C21H24N2O3. The molecule has 0 aromatic heterocycles. The monoisotopic (exact) mass is 352 g/mol. The Hall–Kier alpha value is -2.95. The van der Waals surface area contributed by atoms with Crippen molar-refractivity contribution in [2.24, 2.45) is 0 Å². The lowest BCUT2D eigenvalue weighted by Crippen LogP contribution is -2.37. The molecule has 2 amide bonds. The van der Waals surface area contributed by atoms with Gasteiger partial charge < -0.3 is 10.2 Å². The average molecular weight is 352 g/mol. The van der Waals surface area contributed by atoms with Crippen molar-refractivity contribution in [2.45, 2.75) is 26.7 Å². The van der Waals surface area contributed by atoms with Crippen molar-refractivity contribution in [1.29, 1.82) is 0 Å². The minimum atomic E-state index is -0.112. The molecule has 0 unspecified atom stereocenters. The Labute approximate surface area is 154 Å². The van der Waals surface area contributed by atoms with Crippen LogP contribution < -0.4 is 10.2 Å². The van der Waals surface area contributed by atoms with Gasteiger partial charge in [0.05, 0.1) is 0 Å². The Morgan fingerprint density at radius 1 is 0.923 bits per heavy atom. The zero-order valence-corrected chi connectivity index (χ0v) is 15.2. The number of Topliss-reactive ketones (excluding diaryl/α,β-unsaturated/α-hetero) is 1. The van der Waals surface area contributed by atoms with Gasteiger partial charge in [0.1, 0.15) is 0 Å². The maximum absolute atomic E-state index is 12.0. The minimum Gasteiger partial charge on any atom is -0.354 e. The van der Waals surface area contributed by atoms with Gasteiger partial charge in [0, 0.05) is 37.7 Å². The number of nitrogens with one attached hydrogen (secondary N) is 1. The van der Waals surface area contributed by atoms with Crippen LogP contribution in [0, 0.1) is 0 Å². The second-order valence-corrected chi connectivity index (χ2v) is 6.11. The summed E-state index contributed by atoms with van der Waals surface area (Å²) in [7, 11) is 0. The van der Waals surface area contributed by atoms with Gasteiger partial charge in [-0.25, -0.2) is 0 Å². The molecule has 136 valence electrons. The number of carbonyl (C=O) groups is 3. The van der Waals surface area contributed by atoms with Crippen molar-refractivity contribution < 1.29 is 14.4 Å². The highest BCUT2D eigenvalue weighted by Crippen LogP contribution is 2.15. The Bertz CT molecular complexity index is 755. The standard InChI is InChI=1S/C21H24N2O3/c1-16(24)19-9-11-20(12-10-19)23(17(2)25)15-14-22-21(26)13-8-18-6-4-3-5-7-18/h3-7,9-12H,8,13-15H2,1-2H3,(H,22,26). The third-order valence-corrected chi connectivity index (χ3v) is 4.11. The fraction of sp³-hybridized carbons (Fsp3) is 0.286. The van der Waals surface area contributed by atoms with E-state index in [0.29, 0.717) is 37.2 Å². The van der Waals surface area contributed by atoms with Gasteiger partial charge >= 0.3 is 0 Å². The van der Waals surface area contributed by atoms with Crippen LogP contribution in [0.1, 0.15) is 36.2 Å². The smallest absolute Gasteiger partial charge is 0.223 e. The number of ketones is 1. The van der Waals surface area contributed by atoms with Crippen LogP contribution in [0.4, 0.5) is 5.69 Å². The third-order valence-electron chi connectivity index (χ3n) is 4.11. The molecule has 0 atom stereocenters. The number of rotatable bonds is 8. The molecule has 5 nitrogen and oxygen atoms in total. The molecule has 0 radical (unpaired) electrons. The van der Waals surface area contributed by atoms with Crippen LogP contribution in [-0.4, -0.2) is 30.7 Å². The number of carbonyl (C=O) groups excluding carboxylic acids is 3. The zero-order valence-electron chi connectivity index (χ0n) is 15.2. The average Bonchev–Trinajstić information content (AvgIpc) is 2.64. The summed E-state index contributed by atoms with van der Waals surface area (Å²) >= 11 is 0. The summed E-state index contributed by atoms with van der Waals surface area (Å²) in [5.74, 6) is -0.167. The highest BCUT2D eigenvalue weighted by Gasteiger charge is 2.12. The van der Waals surface area contributed by atoms with Crippen molar-refractivity contribution >= 4 is 23.3 Å². The van der Waals surface area contributed by atoms with E-state index in [9.17, 15) is 14.4 Å². The van der Waals surface area contributed by atoms with Gasteiger partial charge in [-0.3, -0.25) is 14.4 Å². The normalized spacial score (nSPS) is 10.2. The van der Waals surface area contributed by atoms with E-state index in [1.165, 1.54) is 13.8 Å². The van der Waals surface area contributed by atoms with Gasteiger partial charge in [0.15, 0.2) is 5.78 Å². The Kier molecular flexibility index (Phi) is 7.09. The zero-order chi connectivity index (χ0) is 18.9. The summed E-state index contributed by atoms with van der Waals surface area (Å²) in [6.07, 6.45) is 1.10. The molecule has 0 aliphatic rings. The van der Waals surface area contributed by atoms with Crippen LogP contribution in [-0.2, 0) is 16.0 Å². The number of aryl methyl sites for hydroxylation is 1. The molecule has 0 fully saturated rings. The van der Waals surface area contributed by atoms with E-state index in [1.54, 1.807) is 29.2 Å². The highest BCUT2D eigenvalue weighted by atomic mass is 16.2.